The summed E-state index contributed by atoms with van der Waals surface area (Å²) in [7, 11) is 0.394. The highest BCUT2D eigenvalue weighted by Crippen LogP contribution is 2.22. The molecule has 0 saturated heterocycles. The molecule has 12 nitrogen and oxygen atoms in total. The molecule has 13 heteroatoms. The molecule has 2 atom stereocenters. The molecule has 0 saturated carbocycles. The number of hydrogen-bond acceptors (Lipinski definition) is 9. The Morgan fingerprint density at radius 2 is 1.43 bits per heavy atom. The maximum Gasteiger partial charge on any atom is 0.337 e. The van der Waals surface area contributed by atoms with E-state index in [1.165, 1.54) is 39.5 Å². The molecule has 0 aromatic heterocycles. The van der Waals surface area contributed by atoms with Crippen molar-refractivity contribution in [2.75, 3.05) is 44.9 Å². The van der Waals surface area contributed by atoms with Crippen molar-refractivity contribution in [2.24, 2.45) is 0 Å². The van der Waals surface area contributed by atoms with Crippen molar-refractivity contribution in [3.05, 3.63) is 130 Å². The van der Waals surface area contributed by atoms with E-state index < -0.39 is 40.0 Å². The van der Waals surface area contributed by atoms with Crippen LogP contribution in [0.2, 0.25) is 0 Å². The van der Waals surface area contributed by atoms with Gasteiger partial charge in [0.1, 0.15) is 5.75 Å². The van der Waals surface area contributed by atoms with Crippen molar-refractivity contribution >= 4 is 33.5 Å². The normalized spacial score (nSPS) is 12.3. The Balaban J connectivity index is 1.54. The van der Waals surface area contributed by atoms with Crippen molar-refractivity contribution in [2.45, 2.75) is 31.5 Å². The fourth-order valence-corrected chi connectivity index (χ4v) is 5.83. The van der Waals surface area contributed by atoms with Crippen LogP contribution in [0.4, 0.5) is 5.69 Å². The van der Waals surface area contributed by atoms with Gasteiger partial charge in [-0.05, 0) is 65.9 Å². The molecule has 0 fully saturated rings. The van der Waals surface area contributed by atoms with E-state index in [0.717, 1.165) is 21.7 Å². The summed E-state index contributed by atoms with van der Waals surface area (Å²) >= 11 is 0. The van der Waals surface area contributed by atoms with Crippen molar-refractivity contribution in [3.8, 4) is 5.75 Å². The van der Waals surface area contributed by atoms with Gasteiger partial charge in [-0.25, -0.2) is 13.2 Å². The molecule has 0 spiro atoms. The molecular weight excluding hydrogens is 673 g/mol. The molecule has 0 aliphatic rings. The largest absolute Gasteiger partial charge is 0.497 e. The first-order valence-electron chi connectivity index (χ1n) is 16.3. The third-order valence-corrected chi connectivity index (χ3v) is 9.44. The van der Waals surface area contributed by atoms with Gasteiger partial charge in [-0.3, -0.25) is 13.9 Å². The van der Waals surface area contributed by atoms with E-state index in [-0.39, 0.29) is 36.3 Å². The number of methoxy groups -OCH3 is 2. The molecule has 2 amide bonds. The average molecular weight is 717 g/mol. The smallest absolute Gasteiger partial charge is 0.337 e. The quantitative estimate of drug-likeness (QED) is 0.120. The maximum absolute atomic E-state index is 13.8. The molecule has 0 unspecified atom stereocenters. The lowest BCUT2D eigenvalue weighted by atomic mass is 10.00. The van der Waals surface area contributed by atoms with Crippen LogP contribution in [-0.2, 0) is 34.1 Å². The van der Waals surface area contributed by atoms with Crippen molar-refractivity contribution < 1.29 is 37.4 Å². The van der Waals surface area contributed by atoms with Crippen LogP contribution < -0.4 is 25.0 Å². The van der Waals surface area contributed by atoms with Gasteiger partial charge in [0.05, 0.1) is 43.9 Å². The summed E-state index contributed by atoms with van der Waals surface area (Å²) in [6, 6.07) is 27.4. The lowest BCUT2D eigenvalue weighted by molar-refractivity contribution is 0.0599. The molecule has 4 aromatic rings. The first-order chi connectivity index (χ1) is 24.4. The first-order valence-corrected chi connectivity index (χ1v) is 18.1. The van der Waals surface area contributed by atoms with Gasteiger partial charge in [-0.15, -0.1) is 0 Å². The van der Waals surface area contributed by atoms with Crippen LogP contribution in [0.15, 0.2) is 97.1 Å². The summed E-state index contributed by atoms with van der Waals surface area (Å²) in [5.74, 6) is -1.12. The minimum atomic E-state index is -3.73. The second-order valence-corrected chi connectivity index (χ2v) is 14.0. The van der Waals surface area contributed by atoms with Gasteiger partial charge in [-0.1, -0.05) is 60.7 Å². The second kappa shape index (κ2) is 18.1. The van der Waals surface area contributed by atoms with Crippen LogP contribution in [0.5, 0.6) is 5.75 Å². The van der Waals surface area contributed by atoms with E-state index in [2.05, 4.69) is 16.0 Å². The summed E-state index contributed by atoms with van der Waals surface area (Å²) in [6.45, 7) is 0.663. The van der Waals surface area contributed by atoms with E-state index in [1.807, 2.05) is 60.7 Å². The first kappa shape index (κ1) is 38.6. The zero-order chi connectivity index (χ0) is 37.0. The molecule has 0 radical (unpaired) electrons. The Hall–Kier alpha value is -5.24. The molecule has 51 heavy (non-hydrogen) atoms. The monoisotopic (exact) mass is 716 g/mol. The average Bonchev–Trinajstić information content (AvgIpc) is 3.13. The number of carbonyl (C=O) groups is 3. The highest BCUT2D eigenvalue weighted by atomic mass is 32.2. The molecule has 270 valence electrons. The summed E-state index contributed by atoms with van der Waals surface area (Å²) in [6.07, 6.45) is 0.805. The predicted molar refractivity (Wildman–Crippen MR) is 196 cm³/mol. The Bertz CT molecular complexity index is 1910. The van der Waals surface area contributed by atoms with E-state index >= 15 is 0 Å². The molecule has 4 aromatic carbocycles. The van der Waals surface area contributed by atoms with Gasteiger partial charge in [0.25, 0.3) is 11.8 Å². The zero-order valence-corrected chi connectivity index (χ0v) is 29.9. The van der Waals surface area contributed by atoms with E-state index in [4.69, 9.17) is 9.47 Å². The minimum Gasteiger partial charge on any atom is -0.497 e. The number of nitrogens with zero attached hydrogens (tertiary/aromatic N) is 1. The summed E-state index contributed by atoms with van der Waals surface area (Å²) in [5.41, 5.74) is 3.21. The number of benzene rings is 4. The van der Waals surface area contributed by atoms with Crippen molar-refractivity contribution in [1.82, 2.24) is 16.0 Å². The number of nitrogens with one attached hydrogen (secondary N) is 3. The summed E-state index contributed by atoms with van der Waals surface area (Å²) in [4.78, 5) is 39.2. The Morgan fingerprint density at radius 3 is 2.04 bits per heavy atom. The number of anilines is 1. The third-order valence-electron chi connectivity index (χ3n) is 8.23. The van der Waals surface area contributed by atoms with Crippen LogP contribution in [0, 0.1) is 0 Å². The zero-order valence-electron chi connectivity index (χ0n) is 29.1. The molecule has 4 rings (SSSR count). The van der Waals surface area contributed by atoms with E-state index in [0.29, 0.717) is 29.8 Å². The number of aliphatic hydroxyl groups excluding tert-OH is 1. The van der Waals surface area contributed by atoms with Gasteiger partial charge in [0.2, 0.25) is 10.0 Å². The molecule has 0 bridgehead atoms. The minimum absolute atomic E-state index is 0.0427. The number of carbonyl (C=O) groups excluding carboxylic acids is 3. The second-order valence-electron chi connectivity index (χ2n) is 12.0. The lowest BCUT2D eigenvalue weighted by Gasteiger charge is -2.25. The molecule has 0 aliphatic heterocycles. The topological polar surface area (TPSA) is 163 Å². The van der Waals surface area contributed by atoms with Crippen LogP contribution in [0.25, 0.3) is 0 Å². The number of hydrogen-bond donors (Lipinski definition) is 4. The van der Waals surface area contributed by atoms with E-state index in [1.54, 1.807) is 18.2 Å². The lowest BCUT2D eigenvalue weighted by Crippen LogP contribution is -2.48. The van der Waals surface area contributed by atoms with Crippen LogP contribution in [-0.4, -0.2) is 84.1 Å². The van der Waals surface area contributed by atoms with Crippen molar-refractivity contribution in [1.29, 1.82) is 0 Å². The third kappa shape index (κ3) is 11.4. The van der Waals surface area contributed by atoms with Crippen LogP contribution in [0.1, 0.15) is 47.8 Å². The SMILES string of the molecule is COC(=O)c1cc(CNC[C@@H](O)[C@H](Cc2ccccc2)NC(=O)c2cc(C(=O)NCCc3ccccc3)cc(N(C)S(C)(=O)=O)c2)cc(OC)c1. The molecule has 4 N–H and O–H groups in total. The van der Waals surface area contributed by atoms with Crippen LogP contribution in [0.3, 0.4) is 0 Å². The maximum atomic E-state index is 13.8. The fraction of sp³-hybridized carbons (Fsp3) is 0.289. The van der Waals surface area contributed by atoms with Gasteiger partial charge in [0, 0.05) is 37.8 Å². The predicted octanol–water partition coefficient (Wildman–Crippen LogP) is 3.34. The molecule has 0 aliphatic carbocycles. The summed E-state index contributed by atoms with van der Waals surface area (Å²) in [5, 5.41) is 20.3. The Kier molecular flexibility index (Phi) is 13.7. The summed E-state index contributed by atoms with van der Waals surface area (Å²) < 4.78 is 36.1. The molecular formula is C38H44N4O8S. The number of amides is 2. The van der Waals surface area contributed by atoms with Crippen LogP contribution >= 0.6 is 0 Å². The van der Waals surface area contributed by atoms with Gasteiger partial charge in [-0.2, -0.15) is 0 Å². The standard InChI is InChI=1S/C38H44N4O8S/c1-42(51(4,47)48)32-21-29(36(44)40-16-15-26-11-7-5-8-12-26)20-30(22-32)37(45)41-34(19-27-13-9-6-10-14-27)35(43)25-39-24-28-17-31(38(46)50-3)23-33(18-28)49-2/h5-14,17-18,20-23,34-35,39,43H,15-16,19,24-25H2,1-4H3,(H,40,44)(H,41,45)/t34-,35+/m0/s1. The highest BCUT2D eigenvalue weighted by molar-refractivity contribution is 7.92. The Morgan fingerprint density at radius 1 is 0.804 bits per heavy atom. The molecule has 0 heterocycles. The van der Waals surface area contributed by atoms with Gasteiger partial charge in [0.15, 0.2) is 0 Å². The number of ether oxygens (including phenoxy) is 2. The number of sulfonamides is 1. The van der Waals surface area contributed by atoms with Gasteiger partial charge >= 0.3 is 5.97 Å². The number of rotatable bonds is 17. The van der Waals surface area contributed by atoms with E-state index in [9.17, 15) is 27.9 Å². The number of aliphatic hydroxyl groups is 1. The Labute approximate surface area is 298 Å². The highest BCUT2D eigenvalue weighted by Gasteiger charge is 2.25. The number of esters is 1. The fourth-order valence-electron chi connectivity index (χ4n) is 5.34. The van der Waals surface area contributed by atoms with Crippen molar-refractivity contribution in [3.63, 3.8) is 0 Å². The van der Waals surface area contributed by atoms with Gasteiger partial charge < -0.3 is 30.5 Å².